The topological polar surface area (TPSA) is 66.4 Å². The minimum atomic E-state index is -1.09. The molecule has 0 aromatic heterocycles. The van der Waals surface area contributed by atoms with Gasteiger partial charge in [0.2, 0.25) is 0 Å². The summed E-state index contributed by atoms with van der Waals surface area (Å²) in [4.78, 5) is 24.5. The number of amides is 1. The van der Waals surface area contributed by atoms with Gasteiger partial charge in [0.15, 0.2) is 6.04 Å². The van der Waals surface area contributed by atoms with Crippen LogP contribution in [0.1, 0.15) is 22.0 Å². The minimum absolute atomic E-state index is 0.404. The summed E-state index contributed by atoms with van der Waals surface area (Å²) in [7, 11) is 0. The van der Waals surface area contributed by atoms with E-state index in [-0.39, 0.29) is 0 Å². The number of carbonyl (C=O) groups is 2. The van der Waals surface area contributed by atoms with Gasteiger partial charge in [-0.25, -0.2) is 4.79 Å². The molecule has 0 aliphatic carbocycles. The number of thioether (sulfide) groups is 1. The Kier molecular flexibility index (Phi) is 5.00. The minimum Gasteiger partial charge on any atom is -0.479 e. The molecule has 0 saturated heterocycles. The highest BCUT2D eigenvalue weighted by Crippen LogP contribution is 2.17. The highest BCUT2D eigenvalue weighted by Gasteiger charge is 2.22. The zero-order valence-electron chi connectivity index (χ0n) is 11.4. The maximum absolute atomic E-state index is 12.2. The van der Waals surface area contributed by atoms with E-state index in [2.05, 4.69) is 5.32 Å². The summed E-state index contributed by atoms with van der Waals surface area (Å²) in [5.41, 5.74) is 0.981. The molecule has 2 aromatic rings. The fourth-order valence-electron chi connectivity index (χ4n) is 1.89. The van der Waals surface area contributed by atoms with Crippen LogP contribution >= 0.6 is 11.8 Å². The zero-order chi connectivity index (χ0) is 15.2. The van der Waals surface area contributed by atoms with Crippen molar-refractivity contribution in [3.05, 3.63) is 65.7 Å². The summed E-state index contributed by atoms with van der Waals surface area (Å²) < 4.78 is 0. The lowest BCUT2D eigenvalue weighted by molar-refractivity contribution is -0.139. The maximum Gasteiger partial charge on any atom is 0.330 e. The molecule has 1 amide bonds. The Labute approximate surface area is 127 Å². The van der Waals surface area contributed by atoms with E-state index < -0.39 is 17.9 Å². The molecule has 2 N–H and O–H groups in total. The van der Waals surface area contributed by atoms with E-state index in [1.54, 1.807) is 54.2 Å². The third-order valence-electron chi connectivity index (χ3n) is 3.01. The summed E-state index contributed by atoms with van der Waals surface area (Å²) in [6, 6.07) is 14.6. The summed E-state index contributed by atoms with van der Waals surface area (Å²) in [5, 5.41) is 11.8. The van der Waals surface area contributed by atoms with Crippen LogP contribution in [0, 0.1) is 0 Å². The van der Waals surface area contributed by atoms with Gasteiger partial charge in [0.05, 0.1) is 0 Å². The van der Waals surface area contributed by atoms with Crippen molar-refractivity contribution in [1.29, 1.82) is 0 Å². The maximum atomic E-state index is 12.2. The Morgan fingerprint density at radius 1 is 1.05 bits per heavy atom. The van der Waals surface area contributed by atoms with Crippen LogP contribution in [0.5, 0.6) is 0 Å². The number of nitrogens with one attached hydrogen (secondary N) is 1. The molecule has 4 nitrogen and oxygen atoms in total. The van der Waals surface area contributed by atoms with Crippen molar-refractivity contribution in [2.45, 2.75) is 10.9 Å². The summed E-state index contributed by atoms with van der Waals surface area (Å²) in [5.74, 6) is -1.49. The first-order chi connectivity index (χ1) is 10.1. The van der Waals surface area contributed by atoms with Gasteiger partial charge in [0.1, 0.15) is 0 Å². The lowest BCUT2D eigenvalue weighted by Crippen LogP contribution is -2.33. The van der Waals surface area contributed by atoms with Crippen molar-refractivity contribution in [2.24, 2.45) is 0 Å². The summed E-state index contributed by atoms with van der Waals surface area (Å²) in [6.45, 7) is 0. The summed E-state index contributed by atoms with van der Waals surface area (Å²) >= 11 is 1.58. The fraction of sp³-hybridized carbons (Fsp3) is 0.125. The Bertz CT molecular complexity index is 626. The smallest absolute Gasteiger partial charge is 0.330 e. The Morgan fingerprint density at radius 3 is 2.19 bits per heavy atom. The highest BCUT2D eigenvalue weighted by atomic mass is 32.2. The van der Waals surface area contributed by atoms with Gasteiger partial charge in [-0.1, -0.05) is 30.3 Å². The van der Waals surface area contributed by atoms with Crippen LogP contribution in [0.2, 0.25) is 0 Å². The largest absolute Gasteiger partial charge is 0.479 e. The lowest BCUT2D eigenvalue weighted by Gasteiger charge is -2.15. The van der Waals surface area contributed by atoms with Crippen LogP contribution < -0.4 is 5.32 Å². The number of hydrogen-bond donors (Lipinski definition) is 2. The van der Waals surface area contributed by atoms with Crippen LogP contribution in [0.15, 0.2) is 59.5 Å². The molecule has 0 heterocycles. The van der Waals surface area contributed by atoms with Crippen molar-refractivity contribution in [3.63, 3.8) is 0 Å². The predicted molar refractivity (Wildman–Crippen MR) is 82.5 cm³/mol. The first kappa shape index (κ1) is 15.1. The first-order valence-corrected chi connectivity index (χ1v) is 7.57. The van der Waals surface area contributed by atoms with Gasteiger partial charge in [-0.3, -0.25) is 4.79 Å². The molecule has 0 aliphatic heterocycles. The fourth-order valence-corrected chi connectivity index (χ4v) is 2.30. The number of carbonyl (C=O) groups excluding carboxylic acids is 1. The van der Waals surface area contributed by atoms with Crippen molar-refractivity contribution in [2.75, 3.05) is 6.26 Å². The van der Waals surface area contributed by atoms with Gasteiger partial charge in [0.25, 0.3) is 5.91 Å². The number of carboxylic acid groups (broad SMARTS) is 1. The van der Waals surface area contributed by atoms with Crippen molar-refractivity contribution >= 4 is 23.6 Å². The number of benzene rings is 2. The second kappa shape index (κ2) is 6.95. The van der Waals surface area contributed by atoms with Gasteiger partial charge in [-0.15, -0.1) is 11.8 Å². The van der Waals surface area contributed by atoms with E-state index in [4.69, 9.17) is 0 Å². The number of aliphatic carboxylic acids is 1. The molecule has 0 fully saturated rings. The molecule has 1 atom stereocenters. The molecule has 0 unspecified atom stereocenters. The van der Waals surface area contributed by atoms with Crippen molar-refractivity contribution < 1.29 is 14.7 Å². The monoisotopic (exact) mass is 301 g/mol. The van der Waals surface area contributed by atoms with Crippen LogP contribution in [0.25, 0.3) is 0 Å². The van der Waals surface area contributed by atoms with Crippen LogP contribution in [-0.4, -0.2) is 23.2 Å². The van der Waals surface area contributed by atoms with E-state index in [1.165, 1.54) is 0 Å². The molecule has 0 aliphatic rings. The van der Waals surface area contributed by atoms with Gasteiger partial charge < -0.3 is 10.4 Å². The van der Waals surface area contributed by atoms with Crippen LogP contribution in [0.4, 0.5) is 0 Å². The average molecular weight is 301 g/mol. The third kappa shape index (κ3) is 3.86. The van der Waals surface area contributed by atoms with Crippen molar-refractivity contribution in [1.82, 2.24) is 5.32 Å². The third-order valence-corrected chi connectivity index (χ3v) is 3.75. The average Bonchev–Trinajstić information content (AvgIpc) is 2.53. The quantitative estimate of drug-likeness (QED) is 0.833. The first-order valence-electron chi connectivity index (χ1n) is 6.34. The molecule has 0 spiro atoms. The molecular weight excluding hydrogens is 286 g/mol. The Morgan fingerprint density at radius 2 is 1.67 bits per heavy atom. The molecule has 2 rings (SSSR count). The summed E-state index contributed by atoms with van der Waals surface area (Å²) in [6.07, 6.45) is 1.95. The zero-order valence-corrected chi connectivity index (χ0v) is 12.3. The van der Waals surface area contributed by atoms with E-state index in [0.717, 1.165) is 4.90 Å². The lowest BCUT2D eigenvalue weighted by atomic mass is 10.1. The molecule has 21 heavy (non-hydrogen) atoms. The number of hydrogen-bond acceptors (Lipinski definition) is 3. The van der Waals surface area contributed by atoms with E-state index in [0.29, 0.717) is 11.1 Å². The van der Waals surface area contributed by atoms with E-state index in [9.17, 15) is 14.7 Å². The van der Waals surface area contributed by atoms with Crippen molar-refractivity contribution in [3.8, 4) is 0 Å². The second-order valence-corrected chi connectivity index (χ2v) is 5.26. The van der Waals surface area contributed by atoms with Crippen LogP contribution in [0.3, 0.4) is 0 Å². The van der Waals surface area contributed by atoms with Gasteiger partial charge in [0, 0.05) is 10.5 Å². The molecular formula is C16H15NO3S. The van der Waals surface area contributed by atoms with Gasteiger partial charge in [-0.05, 0) is 36.1 Å². The Hall–Kier alpha value is -2.27. The van der Waals surface area contributed by atoms with Gasteiger partial charge >= 0.3 is 5.97 Å². The van der Waals surface area contributed by atoms with Crippen LogP contribution in [-0.2, 0) is 4.79 Å². The SMILES string of the molecule is CSc1ccc(C(=O)N[C@H](C(=O)O)c2ccccc2)cc1. The van der Waals surface area contributed by atoms with Gasteiger partial charge in [-0.2, -0.15) is 0 Å². The predicted octanol–water partition coefficient (Wildman–Crippen LogP) is 2.96. The number of rotatable bonds is 5. The second-order valence-electron chi connectivity index (χ2n) is 4.38. The molecule has 2 aromatic carbocycles. The molecule has 0 radical (unpaired) electrons. The normalized spacial score (nSPS) is 11.7. The standard InChI is InChI=1S/C16H15NO3S/c1-21-13-9-7-12(8-10-13)15(18)17-14(16(19)20)11-5-3-2-4-6-11/h2-10,14H,1H3,(H,17,18)(H,19,20)/t14-/m0/s1. The molecule has 0 saturated carbocycles. The Balaban J connectivity index is 2.16. The highest BCUT2D eigenvalue weighted by molar-refractivity contribution is 7.98. The molecule has 0 bridgehead atoms. The molecule has 108 valence electrons. The van der Waals surface area contributed by atoms with E-state index >= 15 is 0 Å². The number of carboxylic acids is 1. The molecule has 5 heteroatoms. The van der Waals surface area contributed by atoms with E-state index in [1.807, 2.05) is 18.4 Å².